The summed E-state index contributed by atoms with van der Waals surface area (Å²) in [7, 11) is 0. The van der Waals surface area contributed by atoms with Gasteiger partial charge in [0.05, 0.1) is 18.3 Å². The van der Waals surface area contributed by atoms with Gasteiger partial charge < -0.3 is 24.3 Å². The second-order valence-electron chi connectivity index (χ2n) is 12.1. The second-order valence-corrected chi connectivity index (χ2v) is 12.1. The predicted molar refractivity (Wildman–Crippen MR) is 171 cm³/mol. The van der Waals surface area contributed by atoms with Crippen LogP contribution in [0.25, 0.3) is 0 Å². The molecule has 3 heterocycles. The average Bonchev–Trinajstić information content (AvgIpc) is 3.33. The lowest BCUT2D eigenvalue weighted by Gasteiger charge is -2.45. The van der Waals surface area contributed by atoms with Crippen LogP contribution >= 0.6 is 0 Å². The van der Waals surface area contributed by atoms with Gasteiger partial charge in [-0.1, -0.05) is 91.0 Å². The molecule has 3 aliphatic rings. The molecule has 3 aliphatic heterocycles. The number of carbonyl (C=O) groups excluding carboxylic acids is 2. The molecule has 44 heavy (non-hydrogen) atoms. The van der Waals surface area contributed by atoms with Gasteiger partial charge in [-0.05, 0) is 54.7 Å². The number of ether oxygens (including phenoxy) is 1. The van der Waals surface area contributed by atoms with Crippen LogP contribution in [0, 0.1) is 0 Å². The van der Waals surface area contributed by atoms with E-state index in [1.54, 1.807) is 0 Å². The van der Waals surface area contributed by atoms with Crippen molar-refractivity contribution in [2.24, 2.45) is 0 Å². The molecule has 0 saturated carbocycles. The number of benzene rings is 4. The first-order valence-electron chi connectivity index (χ1n) is 15.6. The Bertz CT molecular complexity index is 1590. The molecule has 7 rings (SSSR count). The molecule has 0 aromatic heterocycles. The zero-order valence-corrected chi connectivity index (χ0v) is 24.9. The molecule has 2 amide bonds. The van der Waals surface area contributed by atoms with Gasteiger partial charge in [-0.3, -0.25) is 9.59 Å². The highest BCUT2D eigenvalue weighted by atomic mass is 16.5. The zero-order valence-electron chi connectivity index (χ0n) is 24.9. The van der Waals surface area contributed by atoms with Crippen LogP contribution < -0.4 is 9.64 Å². The monoisotopic (exact) mass is 586 g/mol. The van der Waals surface area contributed by atoms with E-state index in [1.165, 1.54) is 5.56 Å². The van der Waals surface area contributed by atoms with Crippen molar-refractivity contribution in [3.8, 4) is 5.75 Å². The summed E-state index contributed by atoms with van der Waals surface area (Å²) in [6.45, 7) is 3.69. The summed E-state index contributed by atoms with van der Waals surface area (Å²) in [5.41, 5.74) is 3.45. The third kappa shape index (κ3) is 5.44. The summed E-state index contributed by atoms with van der Waals surface area (Å²) in [5.74, 6) is 0.869. The number of carbonyl (C=O) groups is 2. The second kappa shape index (κ2) is 12.2. The predicted octanol–water partition coefficient (Wildman–Crippen LogP) is 5.43. The average molecular weight is 587 g/mol. The van der Waals surface area contributed by atoms with Crippen LogP contribution in [-0.2, 0) is 17.8 Å². The Morgan fingerprint density at radius 3 is 2.05 bits per heavy atom. The van der Waals surface area contributed by atoms with Crippen LogP contribution in [0.15, 0.2) is 115 Å². The van der Waals surface area contributed by atoms with E-state index in [9.17, 15) is 9.59 Å². The summed E-state index contributed by atoms with van der Waals surface area (Å²) >= 11 is 0. The van der Waals surface area contributed by atoms with Crippen LogP contribution in [0.1, 0.15) is 34.3 Å². The van der Waals surface area contributed by atoms with Gasteiger partial charge in [0.2, 0.25) is 5.91 Å². The van der Waals surface area contributed by atoms with Gasteiger partial charge in [0.1, 0.15) is 11.3 Å². The van der Waals surface area contributed by atoms with E-state index in [2.05, 4.69) is 46.2 Å². The lowest BCUT2D eigenvalue weighted by molar-refractivity contribution is -0.134. The van der Waals surface area contributed by atoms with Gasteiger partial charge in [0.15, 0.2) is 6.73 Å². The van der Waals surface area contributed by atoms with Gasteiger partial charge in [0.25, 0.3) is 5.91 Å². The third-order valence-corrected chi connectivity index (χ3v) is 9.44. The third-order valence-electron chi connectivity index (χ3n) is 9.44. The van der Waals surface area contributed by atoms with E-state index in [-0.39, 0.29) is 24.6 Å². The summed E-state index contributed by atoms with van der Waals surface area (Å²) in [4.78, 5) is 36.6. The Morgan fingerprint density at radius 1 is 0.727 bits per heavy atom. The molecule has 0 aliphatic carbocycles. The van der Waals surface area contributed by atoms with E-state index in [4.69, 9.17) is 4.74 Å². The fourth-order valence-electron chi connectivity index (χ4n) is 7.08. The van der Waals surface area contributed by atoms with Gasteiger partial charge in [0, 0.05) is 31.9 Å². The van der Waals surface area contributed by atoms with E-state index in [0.29, 0.717) is 24.5 Å². The van der Waals surface area contributed by atoms with Crippen molar-refractivity contribution in [3.63, 3.8) is 0 Å². The van der Waals surface area contributed by atoms with Crippen LogP contribution in [-0.4, -0.2) is 71.1 Å². The standard InChI is InChI=1S/C37H38N4O3/c42-35-33-18-10-11-19-34(33)44-28-40(35)32(24-29-12-4-1-5-13-29)26-38-22-20-37(21-23-38)36(43)39(25-30-14-6-2-7-15-30)27-41(37)31-16-8-3-9-17-31/h1-19,32H,20-28H2/t32-/m0/s1. The topological polar surface area (TPSA) is 56.3 Å². The van der Waals surface area contributed by atoms with Crippen molar-refractivity contribution in [2.75, 3.05) is 37.9 Å². The van der Waals surface area contributed by atoms with Crippen molar-refractivity contribution in [1.29, 1.82) is 0 Å². The quantitative estimate of drug-likeness (QED) is 0.276. The van der Waals surface area contributed by atoms with Crippen LogP contribution in [0.5, 0.6) is 5.75 Å². The molecule has 7 heteroatoms. The smallest absolute Gasteiger partial charge is 0.260 e. The number of rotatable bonds is 8. The minimum Gasteiger partial charge on any atom is -0.472 e. The van der Waals surface area contributed by atoms with Crippen molar-refractivity contribution < 1.29 is 14.3 Å². The van der Waals surface area contributed by atoms with Gasteiger partial charge >= 0.3 is 0 Å². The molecule has 2 fully saturated rings. The molecule has 0 radical (unpaired) electrons. The number of anilines is 1. The molecule has 224 valence electrons. The number of piperidine rings is 1. The fourth-order valence-corrected chi connectivity index (χ4v) is 7.08. The summed E-state index contributed by atoms with van der Waals surface area (Å²) in [6.07, 6.45) is 2.20. The largest absolute Gasteiger partial charge is 0.472 e. The maximum Gasteiger partial charge on any atom is 0.260 e. The molecular formula is C37H38N4O3. The zero-order chi connectivity index (χ0) is 29.9. The van der Waals surface area contributed by atoms with Crippen LogP contribution in [0.3, 0.4) is 0 Å². The molecule has 4 aromatic carbocycles. The van der Waals surface area contributed by atoms with Gasteiger partial charge in [-0.25, -0.2) is 0 Å². The van der Waals surface area contributed by atoms with E-state index >= 15 is 0 Å². The molecule has 1 spiro atoms. The first kappa shape index (κ1) is 28.2. The molecule has 2 saturated heterocycles. The van der Waals surface area contributed by atoms with E-state index in [0.717, 1.165) is 50.1 Å². The molecule has 4 aromatic rings. The SMILES string of the molecule is O=C1c2ccccc2OCN1[C@@H](Cc1ccccc1)CN1CCC2(CC1)C(=O)N(Cc1ccccc1)CN2c1ccccc1. The Labute approximate surface area is 259 Å². The molecular weight excluding hydrogens is 548 g/mol. The van der Waals surface area contributed by atoms with Crippen molar-refractivity contribution in [1.82, 2.24) is 14.7 Å². The van der Waals surface area contributed by atoms with E-state index < -0.39 is 5.54 Å². The minimum atomic E-state index is -0.579. The van der Waals surface area contributed by atoms with Gasteiger partial charge in [-0.2, -0.15) is 0 Å². The number of likely N-dealkylation sites (tertiary alicyclic amines) is 1. The number of nitrogens with zero attached hydrogens (tertiary/aromatic N) is 4. The Hall–Kier alpha value is -4.62. The summed E-state index contributed by atoms with van der Waals surface area (Å²) in [6, 6.07) is 38.4. The highest BCUT2D eigenvalue weighted by Crippen LogP contribution is 2.40. The van der Waals surface area contributed by atoms with Crippen molar-refractivity contribution in [3.05, 3.63) is 132 Å². The minimum absolute atomic E-state index is 0.0130. The van der Waals surface area contributed by atoms with Crippen molar-refractivity contribution >= 4 is 17.5 Å². The van der Waals surface area contributed by atoms with Crippen LogP contribution in [0.4, 0.5) is 5.69 Å². The van der Waals surface area contributed by atoms with Gasteiger partial charge in [-0.15, -0.1) is 0 Å². The molecule has 0 unspecified atom stereocenters. The maximum absolute atomic E-state index is 14.2. The Balaban J connectivity index is 1.11. The van der Waals surface area contributed by atoms with E-state index in [1.807, 2.05) is 88.7 Å². The molecule has 0 N–H and O–H groups in total. The number of fused-ring (bicyclic) bond motifs is 1. The molecule has 7 nitrogen and oxygen atoms in total. The highest BCUT2D eigenvalue weighted by molar-refractivity contribution is 5.98. The molecule has 1 atom stereocenters. The normalized spacial score (nSPS) is 18.8. The maximum atomic E-state index is 14.2. The first-order valence-corrected chi connectivity index (χ1v) is 15.6. The fraction of sp³-hybridized carbons (Fsp3) is 0.297. The number of hydrogen-bond donors (Lipinski definition) is 0. The lowest BCUT2D eigenvalue weighted by atomic mass is 9.85. The number of amides is 2. The first-order chi connectivity index (χ1) is 21.6. The Morgan fingerprint density at radius 2 is 1.34 bits per heavy atom. The lowest BCUT2D eigenvalue weighted by Crippen LogP contribution is -2.58. The Kier molecular flexibility index (Phi) is 7.79. The number of para-hydroxylation sites is 2. The highest BCUT2D eigenvalue weighted by Gasteiger charge is 2.53. The molecule has 0 bridgehead atoms. The summed E-state index contributed by atoms with van der Waals surface area (Å²) in [5, 5.41) is 0. The summed E-state index contributed by atoms with van der Waals surface area (Å²) < 4.78 is 6.06. The number of hydrogen-bond acceptors (Lipinski definition) is 5. The van der Waals surface area contributed by atoms with Crippen LogP contribution in [0.2, 0.25) is 0 Å². The van der Waals surface area contributed by atoms with Crippen molar-refractivity contribution in [2.45, 2.75) is 37.4 Å².